The van der Waals surface area contributed by atoms with Crippen LogP contribution in [0.15, 0.2) is 36.5 Å². The molecule has 7 nitrogen and oxygen atoms in total. The van der Waals surface area contributed by atoms with Crippen LogP contribution < -0.4 is 20.7 Å². The number of nitrogens with zero attached hydrogens (tertiary/aromatic N) is 1. The van der Waals surface area contributed by atoms with E-state index in [1.807, 2.05) is 0 Å². The Balaban J connectivity index is 1.59. The van der Waals surface area contributed by atoms with Crippen LogP contribution in [-0.2, 0) is 4.79 Å². The van der Waals surface area contributed by atoms with E-state index in [9.17, 15) is 14.0 Å². The number of benzene rings is 1. The Bertz CT molecular complexity index is 882. The third-order valence-corrected chi connectivity index (χ3v) is 4.95. The summed E-state index contributed by atoms with van der Waals surface area (Å²) in [5, 5.41) is 8.62. The summed E-state index contributed by atoms with van der Waals surface area (Å²) in [4.78, 5) is 27.7. The van der Waals surface area contributed by atoms with Gasteiger partial charge in [-0.1, -0.05) is 0 Å². The third kappa shape index (κ3) is 5.66. The van der Waals surface area contributed by atoms with Crippen LogP contribution >= 0.6 is 0 Å². The van der Waals surface area contributed by atoms with Crippen molar-refractivity contribution in [1.29, 1.82) is 0 Å². The van der Waals surface area contributed by atoms with E-state index < -0.39 is 0 Å². The number of pyridine rings is 1. The highest BCUT2D eigenvalue weighted by Crippen LogP contribution is 2.31. The van der Waals surface area contributed by atoms with E-state index >= 15 is 0 Å². The van der Waals surface area contributed by atoms with Crippen LogP contribution in [0.25, 0.3) is 11.1 Å². The number of aromatic nitrogens is 1. The molecule has 1 aromatic carbocycles. The molecule has 1 fully saturated rings. The molecule has 0 unspecified atom stereocenters. The number of carbonyl (C=O) groups excluding carboxylic acids is 2. The van der Waals surface area contributed by atoms with Crippen molar-refractivity contribution in [2.45, 2.75) is 44.7 Å². The zero-order valence-electron chi connectivity index (χ0n) is 16.5. The van der Waals surface area contributed by atoms with Gasteiger partial charge in [0, 0.05) is 36.8 Å². The van der Waals surface area contributed by atoms with Crippen molar-refractivity contribution in [2.24, 2.45) is 0 Å². The van der Waals surface area contributed by atoms with Crippen molar-refractivity contribution in [1.82, 2.24) is 15.6 Å². The van der Waals surface area contributed by atoms with Gasteiger partial charge >= 0.3 is 6.03 Å². The SMILES string of the molecule is COc1cc(F)ccc1-c1ccnc(NC(=O)NC2CCC(NC(C)=O)CC2)c1. The highest BCUT2D eigenvalue weighted by atomic mass is 19.1. The molecule has 0 atom stereocenters. The minimum atomic E-state index is -0.384. The van der Waals surface area contributed by atoms with Crippen molar-refractivity contribution in [3.63, 3.8) is 0 Å². The lowest BCUT2D eigenvalue weighted by Gasteiger charge is -2.29. The summed E-state index contributed by atoms with van der Waals surface area (Å²) in [6.07, 6.45) is 4.86. The second kappa shape index (κ2) is 9.36. The first-order valence-electron chi connectivity index (χ1n) is 9.59. The molecule has 0 radical (unpaired) electrons. The molecule has 8 heteroatoms. The third-order valence-electron chi connectivity index (χ3n) is 4.95. The largest absolute Gasteiger partial charge is 0.496 e. The van der Waals surface area contributed by atoms with Gasteiger partial charge in [0.15, 0.2) is 0 Å². The maximum Gasteiger partial charge on any atom is 0.320 e. The van der Waals surface area contributed by atoms with Crippen LogP contribution in [0.5, 0.6) is 5.75 Å². The van der Waals surface area contributed by atoms with Crippen LogP contribution in [0.1, 0.15) is 32.6 Å². The first-order valence-corrected chi connectivity index (χ1v) is 9.59. The summed E-state index contributed by atoms with van der Waals surface area (Å²) < 4.78 is 18.7. The Morgan fingerprint density at radius 2 is 1.76 bits per heavy atom. The van der Waals surface area contributed by atoms with E-state index in [0.717, 1.165) is 31.2 Å². The molecule has 1 aliphatic carbocycles. The van der Waals surface area contributed by atoms with Gasteiger partial charge in [-0.3, -0.25) is 10.1 Å². The number of hydrogen-bond acceptors (Lipinski definition) is 4. The number of halogens is 1. The number of amides is 3. The maximum absolute atomic E-state index is 13.4. The number of carbonyl (C=O) groups is 2. The number of ether oxygens (including phenoxy) is 1. The van der Waals surface area contributed by atoms with Gasteiger partial charge in [-0.05, 0) is 55.5 Å². The standard InChI is InChI=1S/C21H25FN4O3/c1-13(27)24-16-4-6-17(7-5-16)25-21(28)26-20-11-14(9-10-23-20)18-8-3-15(22)12-19(18)29-2/h3,8-12,16-17H,4-7H2,1-2H3,(H,24,27)(H2,23,25,26,28). The molecule has 0 bridgehead atoms. The van der Waals surface area contributed by atoms with Gasteiger partial charge in [-0.25, -0.2) is 14.2 Å². The molecule has 3 amide bonds. The Hall–Kier alpha value is -3.16. The van der Waals surface area contributed by atoms with Gasteiger partial charge in [0.25, 0.3) is 0 Å². The first kappa shape index (κ1) is 20.6. The van der Waals surface area contributed by atoms with E-state index in [0.29, 0.717) is 17.1 Å². The molecule has 0 saturated heterocycles. The minimum absolute atomic E-state index is 0.0251. The topological polar surface area (TPSA) is 92.3 Å². The minimum Gasteiger partial charge on any atom is -0.496 e. The lowest BCUT2D eigenvalue weighted by Crippen LogP contribution is -2.44. The summed E-state index contributed by atoms with van der Waals surface area (Å²) >= 11 is 0. The molecule has 3 N–H and O–H groups in total. The maximum atomic E-state index is 13.4. The Morgan fingerprint density at radius 3 is 2.41 bits per heavy atom. The molecule has 1 aliphatic rings. The molecule has 3 rings (SSSR count). The molecule has 1 saturated carbocycles. The van der Waals surface area contributed by atoms with E-state index in [4.69, 9.17) is 4.74 Å². The number of methoxy groups -OCH3 is 1. The molecule has 0 aliphatic heterocycles. The van der Waals surface area contributed by atoms with Crippen LogP contribution in [0.3, 0.4) is 0 Å². The van der Waals surface area contributed by atoms with Crippen LogP contribution in [-0.4, -0.2) is 36.1 Å². The molecular formula is C21H25FN4O3. The average molecular weight is 400 g/mol. The van der Waals surface area contributed by atoms with Gasteiger partial charge in [-0.2, -0.15) is 0 Å². The van der Waals surface area contributed by atoms with Crippen LogP contribution in [0.2, 0.25) is 0 Å². The van der Waals surface area contributed by atoms with Crippen molar-refractivity contribution < 1.29 is 18.7 Å². The normalized spacial score (nSPS) is 18.6. The van der Waals surface area contributed by atoms with Crippen molar-refractivity contribution in [2.75, 3.05) is 12.4 Å². The Labute approximate surface area is 169 Å². The number of rotatable bonds is 5. The fourth-order valence-electron chi connectivity index (χ4n) is 3.58. The quantitative estimate of drug-likeness (QED) is 0.717. The number of urea groups is 1. The predicted octanol–water partition coefficient (Wildman–Crippen LogP) is 3.47. The van der Waals surface area contributed by atoms with Crippen LogP contribution in [0, 0.1) is 5.82 Å². The smallest absolute Gasteiger partial charge is 0.320 e. The van der Waals surface area contributed by atoms with E-state index in [1.54, 1.807) is 24.4 Å². The highest BCUT2D eigenvalue weighted by Gasteiger charge is 2.23. The number of nitrogens with one attached hydrogen (secondary N) is 3. The van der Waals surface area contributed by atoms with Gasteiger partial charge in [0.05, 0.1) is 7.11 Å². The molecular weight excluding hydrogens is 375 g/mol. The Morgan fingerprint density at radius 1 is 1.07 bits per heavy atom. The number of anilines is 1. The molecule has 1 aromatic heterocycles. The van der Waals surface area contributed by atoms with Crippen molar-refractivity contribution in [3.05, 3.63) is 42.3 Å². The fraction of sp³-hybridized carbons (Fsp3) is 0.381. The van der Waals surface area contributed by atoms with Crippen molar-refractivity contribution >= 4 is 17.8 Å². The fourth-order valence-corrected chi connectivity index (χ4v) is 3.58. The highest BCUT2D eigenvalue weighted by molar-refractivity contribution is 5.89. The lowest BCUT2D eigenvalue weighted by molar-refractivity contribution is -0.119. The van der Waals surface area contributed by atoms with Gasteiger partial charge in [0.2, 0.25) is 5.91 Å². The zero-order chi connectivity index (χ0) is 20.8. The Kier molecular flexibility index (Phi) is 6.64. The lowest BCUT2D eigenvalue weighted by atomic mass is 9.91. The predicted molar refractivity (Wildman–Crippen MR) is 108 cm³/mol. The molecule has 0 spiro atoms. The van der Waals surface area contributed by atoms with Crippen LogP contribution in [0.4, 0.5) is 15.0 Å². The summed E-state index contributed by atoms with van der Waals surface area (Å²) in [5.74, 6) is 0.384. The summed E-state index contributed by atoms with van der Waals surface area (Å²) in [5.41, 5.74) is 1.46. The molecule has 1 heterocycles. The van der Waals surface area contributed by atoms with E-state index in [-0.39, 0.29) is 29.8 Å². The monoisotopic (exact) mass is 400 g/mol. The average Bonchev–Trinajstić information content (AvgIpc) is 2.69. The van der Waals surface area contributed by atoms with Gasteiger partial charge in [0.1, 0.15) is 17.4 Å². The van der Waals surface area contributed by atoms with E-state index in [2.05, 4.69) is 20.9 Å². The van der Waals surface area contributed by atoms with Gasteiger partial charge < -0.3 is 15.4 Å². The number of hydrogen-bond donors (Lipinski definition) is 3. The zero-order valence-corrected chi connectivity index (χ0v) is 16.5. The summed E-state index contributed by atoms with van der Waals surface area (Å²) in [6.45, 7) is 1.51. The molecule has 154 valence electrons. The van der Waals surface area contributed by atoms with Gasteiger partial charge in [-0.15, -0.1) is 0 Å². The summed E-state index contributed by atoms with van der Waals surface area (Å²) in [6, 6.07) is 7.68. The van der Waals surface area contributed by atoms with E-state index in [1.165, 1.54) is 26.2 Å². The first-order chi connectivity index (χ1) is 13.9. The second-order valence-corrected chi connectivity index (χ2v) is 7.12. The second-order valence-electron chi connectivity index (χ2n) is 7.12. The van der Waals surface area contributed by atoms with Crippen molar-refractivity contribution in [3.8, 4) is 16.9 Å². The summed E-state index contributed by atoms with van der Waals surface area (Å²) in [7, 11) is 1.48. The molecule has 2 aromatic rings. The molecule has 29 heavy (non-hydrogen) atoms.